The number of nitrogens with zero attached hydrogens (tertiary/aromatic N) is 1. The minimum Gasteiger partial charge on any atom is -0.349 e. The number of nitrogens with one attached hydrogen (secondary N) is 1. The van der Waals surface area contributed by atoms with Crippen molar-refractivity contribution in [1.82, 2.24) is 9.88 Å². The van der Waals surface area contributed by atoms with Crippen LogP contribution in [-0.4, -0.2) is 22.3 Å². The lowest BCUT2D eigenvalue weighted by molar-refractivity contribution is -0.137. The Balaban J connectivity index is 2.18. The molecule has 2 aromatic rings. The molecule has 154 valence electrons. The molecule has 1 aromatic heterocycles. The van der Waals surface area contributed by atoms with Crippen molar-refractivity contribution in [3.8, 4) is 5.69 Å². The molecule has 0 spiro atoms. The van der Waals surface area contributed by atoms with Crippen LogP contribution in [0.15, 0.2) is 35.1 Å². The van der Waals surface area contributed by atoms with Gasteiger partial charge in [-0.25, -0.2) is 0 Å². The topological polar surface area (TPSA) is 68.2 Å². The number of aromatic nitrogens is 1. The minimum atomic E-state index is -4.50. The largest absolute Gasteiger partial charge is 0.416 e. The van der Waals surface area contributed by atoms with Crippen LogP contribution in [0.2, 0.25) is 0 Å². The summed E-state index contributed by atoms with van der Waals surface area (Å²) >= 11 is 0. The van der Waals surface area contributed by atoms with E-state index >= 15 is 0 Å². The van der Waals surface area contributed by atoms with Crippen LogP contribution in [0, 0.1) is 0 Å². The molecular formula is C21H21F3N2O3. The zero-order valence-electron chi connectivity index (χ0n) is 16.1. The Hall–Kier alpha value is -2.90. The molecule has 0 bridgehead atoms. The average molecular weight is 406 g/mol. The maximum absolute atomic E-state index is 13.1. The van der Waals surface area contributed by atoms with Crippen LogP contribution in [0.1, 0.15) is 65.1 Å². The van der Waals surface area contributed by atoms with Gasteiger partial charge in [-0.2, -0.15) is 13.2 Å². The summed E-state index contributed by atoms with van der Waals surface area (Å²) in [6.07, 6.45) is -2.60. The Bertz CT molecular complexity index is 1010. The highest BCUT2D eigenvalue weighted by atomic mass is 19.4. The number of fused-ring (bicyclic) bond motifs is 1. The number of amides is 1. The first kappa shape index (κ1) is 20.8. The predicted molar refractivity (Wildman–Crippen MR) is 102 cm³/mol. The second kappa shape index (κ2) is 7.85. The van der Waals surface area contributed by atoms with E-state index < -0.39 is 23.2 Å². The Kier molecular flexibility index (Phi) is 5.64. The van der Waals surface area contributed by atoms with E-state index in [9.17, 15) is 27.6 Å². The molecule has 5 nitrogen and oxygen atoms in total. The fraction of sp³-hybridized carbons (Fsp3) is 0.381. The van der Waals surface area contributed by atoms with Crippen LogP contribution in [-0.2, 0) is 12.6 Å². The zero-order chi connectivity index (χ0) is 21.3. The molecule has 1 atom stereocenters. The van der Waals surface area contributed by atoms with E-state index in [0.717, 1.165) is 12.1 Å². The number of halogens is 3. The molecule has 8 heteroatoms. The first-order chi connectivity index (χ1) is 13.6. The van der Waals surface area contributed by atoms with Gasteiger partial charge in [-0.05, 0) is 56.5 Å². The molecule has 1 heterocycles. The number of hydrogen-bond donors (Lipinski definition) is 1. The van der Waals surface area contributed by atoms with Crippen LogP contribution < -0.4 is 10.9 Å². The molecule has 1 aliphatic carbocycles. The van der Waals surface area contributed by atoms with Gasteiger partial charge in [0.2, 0.25) is 0 Å². The Labute approximate surface area is 165 Å². The fourth-order valence-corrected chi connectivity index (χ4v) is 3.33. The lowest BCUT2D eigenvalue weighted by Gasteiger charge is -2.22. The summed E-state index contributed by atoms with van der Waals surface area (Å²) < 4.78 is 39.8. The van der Waals surface area contributed by atoms with Gasteiger partial charge in [-0.3, -0.25) is 19.0 Å². The van der Waals surface area contributed by atoms with Gasteiger partial charge in [0, 0.05) is 29.4 Å². The van der Waals surface area contributed by atoms with Crippen molar-refractivity contribution in [1.29, 1.82) is 0 Å². The third-order valence-electron chi connectivity index (χ3n) is 5.11. The molecule has 0 saturated carbocycles. The SMILES string of the molecule is CC[C@H](C)NC(=O)c1cc2c(n(-c3ccc(C(F)(F)F)cc3)c1=O)CCCC2=O. The second-order valence-electron chi connectivity index (χ2n) is 7.16. The summed E-state index contributed by atoms with van der Waals surface area (Å²) in [5.74, 6) is -0.796. The summed E-state index contributed by atoms with van der Waals surface area (Å²) in [6.45, 7) is 3.66. The van der Waals surface area contributed by atoms with Gasteiger partial charge in [0.25, 0.3) is 11.5 Å². The molecule has 0 aliphatic heterocycles. The molecule has 0 saturated heterocycles. The molecule has 0 unspecified atom stereocenters. The van der Waals surface area contributed by atoms with Gasteiger partial charge in [0.05, 0.1) is 5.56 Å². The van der Waals surface area contributed by atoms with Crippen molar-refractivity contribution in [3.05, 3.63) is 63.1 Å². The number of hydrogen-bond acceptors (Lipinski definition) is 3. The third-order valence-corrected chi connectivity index (χ3v) is 5.11. The Morgan fingerprint density at radius 1 is 1.17 bits per heavy atom. The van der Waals surface area contributed by atoms with Crippen molar-refractivity contribution in [2.75, 3.05) is 0 Å². The van der Waals surface area contributed by atoms with Crippen LogP contribution >= 0.6 is 0 Å². The van der Waals surface area contributed by atoms with Crippen LogP contribution in [0.5, 0.6) is 0 Å². The zero-order valence-corrected chi connectivity index (χ0v) is 16.1. The van der Waals surface area contributed by atoms with Crippen molar-refractivity contribution in [3.63, 3.8) is 0 Å². The minimum absolute atomic E-state index is 0.173. The predicted octanol–water partition coefficient (Wildman–Crippen LogP) is 3.90. The van der Waals surface area contributed by atoms with E-state index in [1.807, 2.05) is 6.92 Å². The van der Waals surface area contributed by atoms with Crippen LogP contribution in [0.4, 0.5) is 13.2 Å². The van der Waals surface area contributed by atoms with Gasteiger partial charge < -0.3 is 5.32 Å². The van der Waals surface area contributed by atoms with Crippen molar-refractivity contribution in [2.45, 2.75) is 51.7 Å². The number of ketones is 1. The first-order valence-corrected chi connectivity index (χ1v) is 9.44. The standard InChI is InChI=1S/C21H21F3N2O3/c1-3-12(2)25-19(28)16-11-15-17(5-4-6-18(15)27)26(20(16)29)14-9-7-13(8-10-14)21(22,23)24/h7-12H,3-6H2,1-2H3,(H,25,28)/t12-/m0/s1. The second-order valence-corrected chi connectivity index (χ2v) is 7.16. The van der Waals surface area contributed by atoms with Gasteiger partial charge in [0.1, 0.15) is 5.56 Å². The highest BCUT2D eigenvalue weighted by Gasteiger charge is 2.31. The van der Waals surface area contributed by atoms with Gasteiger partial charge >= 0.3 is 6.18 Å². The van der Waals surface area contributed by atoms with E-state index in [4.69, 9.17) is 0 Å². The van der Waals surface area contributed by atoms with Gasteiger partial charge in [-0.1, -0.05) is 6.92 Å². The van der Waals surface area contributed by atoms with E-state index in [-0.39, 0.29) is 28.6 Å². The fourth-order valence-electron chi connectivity index (χ4n) is 3.33. The maximum atomic E-state index is 13.1. The van der Waals surface area contributed by atoms with Crippen molar-refractivity contribution >= 4 is 11.7 Å². The molecule has 1 amide bonds. The number of Topliss-reactive ketones (excluding diaryl/α,β-unsaturated/α-hetero) is 1. The third kappa shape index (κ3) is 4.11. The number of rotatable bonds is 4. The van der Waals surface area contributed by atoms with Gasteiger partial charge in [-0.15, -0.1) is 0 Å². The van der Waals surface area contributed by atoms with Crippen LogP contribution in [0.3, 0.4) is 0 Å². The summed E-state index contributed by atoms with van der Waals surface area (Å²) in [7, 11) is 0. The molecule has 3 rings (SSSR count). The summed E-state index contributed by atoms with van der Waals surface area (Å²) in [5, 5.41) is 2.70. The number of pyridine rings is 1. The molecule has 1 aromatic carbocycles. The normalized spacial score (nSPS) is 15.0. The summed E-state index contributed by atoms with van der Waals surface area (Å²) in [5.41, 5.74) is -0.814. The molecular weight excluding hydrogens is 385 g/mol. The smallest absolute Gasteiger partial charge is 0.349 e. The lowest BCUT2D eigenvalue weighted by Crippen LogP contribution is -2.39. The monoisotopic (exact) mass is 406 g/mol. The molecule has 1 aliphatic rings. The highest BCUT2D eigenvalue weighted by molar-refractivity contribution is 6.02. The van der Waals surface area contributed by atoms with Crippen molar-refractivity contribution in [2.24, 2.45) is 0 Å². The van der Waals surface area contributed by atoms with E-state index in [1.54, 1.807) is 6.92 Å². The first-order valence-electron chi connectivity index (χ1n) is 9.44. The van der Waals surface area contributed by atoms with Crippen molar-refractivity contribution < 1.29 is 22.8 Å². The molecule has 0 radical (unpaired) electrons. The number of benzene rings is 1. The quantitative estimate of drug-likeness (QED) is 0.837. The summed E-state index contributed by atoms with van der Waals surface area (Å²) in [6, 6.07) is 5.26. The number of carbonyl (C=O) groups is 2. The van der Waals surface area contributed by atoms with E-state index in [1.165, 1.54) is 22.8 Å². The maximum Gasteiger partial charge on any atom is 0.416 e. The van der Waals surface area contributed by atoms with Gasteiger partial charge in [0.15, 0.2) is 5.78 Å². The molecule has 1 N–H and O–H groups in total. The average Bonchev–Trinajstić information content (AvgIpc) is 2.67. The van der Waals surface area contributed by atoms with E-state index in [2.05, 4.69) is 5.32 Å². The molecule has 29 heavy (non-hydrogen) atoms. The lowest BCUT2D eigenvalue weighted by atomic mass is 9.92. The number of alkyl halides is 3. The van der Waals surface area contributed by atoms with Crippen LogP contribution in [0.25, 0.3) is 5.69 Å². The number of carbonyl (C=O) groups excluding carboxylic acids is 2. The molecule has 0 fully saturated rings. The Morgan fingerprint density at radius 2 is 1.83 bits per heavy atom. The van der Waals surface area contributed by atoms with E-state index in [0.29, 0.717) is 31.4 Å². The Morgan fingerprint density at radius 3 is 2.41 bits per heavy atom. The highest BCUT2D eigenvalue weighted by Crippen LogP contribution is 2.30. The summed E-state index contributed by atoms with van der Waals surface area (Å²) in [4.78, 5) is 38.1.